The lowest BCUT2D eigenvalue weighted by Crippen LogP contribution is -2.43. The number of amides is 2. The number of hydrogen-bond donors (Lipinski definition) is 2. The molecule has 1 atom stereocenters. The molecule has 1 aromatic carbocycles. The highest BCUT2D eigenvalue weighted by molar-refractivity contribution is 9.10. The number of nitrogens with one attached hydrogen (secondary N) is 2. The molecule has 0 spiro atoms. The van der Waals surface area contributed by atoms with Gasteiger partial charge in [-0.05, 0) is 61.7 Å². The molecular formula is C22H22BrN5O2. The maximum atomic E-state index is 13.0. The number of H-pyrrole nitrogens is 1. The van der Waals surface area contributed by atoms with Crippen molar-refractivity contribution < 1.29 is 9.59 Å². The molecule has 3 aromatic rings. The average Bonchev–Trinajstić information content (AvgIpc) is 3.27. The van der Waals surface area contributed by atoms with Crippen LogP contribution in [0.5, 0.6) is 0 Å². The van der Waals surface area contributed by atoms with E-state index >= 15 is 0 Å². The SMILES string of the molecule is Cc1cc(NC(=O)C2CCCN(C(=O)c3cc(-c4ccccn4)n[nH]3)C2)ccc1Br. The number of halogens is 1. The van der Waals surface area contributed by atoms with Crippen LogP contribution in [0.1, 0.15) is 28.9 Å². The predicted molar refractivity (Wildman–Crippen MR) is 118 cm³/mol. The molecule has 0 aliphatic carbocycles. The first-order valence-electron chi connectivity index (χ1n) is 9.84. The molecule has 0 saturated carbocycles. The van der Waals surface area contributed by atoms with E-state index in [1.54, 1.807) is 17.2 Å². The highest BCUT2D eigenvalue weighted by atomic mass is 79.9. The molecule has 8 heteroatoms. The van der Waals surface area contributed by atoms with Gasteiger partial charge in [-0.2, -0.15) is 5.10 Å². The topological polar surface area (TPSA) is 91.0 Å². The molecule has 4 rings (SSSR count). The van der Waals surface area contributed by atoms with Crippen LogP contribution in [0.2, 0.25) is 0 Å². The summed E-state index contributed by atoms with van der Waals surface area (Å²) in [7, 11) is 0. The number of carbonyl (C=O) groups excluding carboxylic acids is 2. The monoisotopic (exact) mass is 467 g/mol. The summed E-state index contributed by atoms with van der Waals surface area (Å²) in [6, 6.07) is 13.0. The van der Waals surface area contributed by atoms with Gasteiger partial charge < -0.3 is 10.2 Å². The Balaban J connectivity index is 1.42. The van der Waals surface area contributed by atoms with Crippen LogP contribution in [-0.2, 0) is 4.79 Å². The van der Waals surface area contributed by atoms with Crippen molar-refractivity contribution in [2.75, 3.05) is 18.4 Å². The number of aryl methyl sites for hydroxylation is 1. The zero-order chi connectivity index (χ0) is 21.1. The molecule has 2 amide bonds. The van der Waals surface area contributed by atoms with E-state index in [0.717, 1.165) is 28.6 Å². The molecule has 1 fully saturated rings. The highest BCUT2D eigenvalue weighted by Crippen LogP contribution is 2.24. The van der Waals surface area contributed by atoms with Crippen LogP contribution in [0.15, 0.2) is 53.1 Å². The minimum atomic E-state index is -0.246. The molecule has 1 saturated heterocycles. The summed E-state index contributed by atoms with van der Waals surface area (Å²) in [4.78, 5) is 31.7. The van der Waals surface area contributed by atoms with Gasteiger partial charge in [-0.3, -0.25) is 19.7 Å². The maximum absolute atomic E-state index is 13.0. The number of benzene rings is 1. The Kier molecular flexibility index (Phi) is 5.94. The maximum Gasteiger partial charge on any atom is 0.271 e. The van der Waals surface area contributed by atoms with Gasteiger partial charge in [-0.15, -0.1) is 0 Å². The third-order valence-corrected chi connectivity index (χ3v) is 6.13. The molecule has 1 aliphatic rings. The molecule has 154 valence electrons. The van der Waals surface area contributed by atoms with Crippen molar-refractivity contribution in [2.24, 2.45) is 5.92 Å². The van der Waals surface area contributed by atoms with Crippen LogP contribution >= 0.6 is 15.9 Å². The number of aromatic amines is 1. The number of nitrogens with zero attached hydrogens (tertiary/aromatic N) is 3. The van der Waals surface area contributed by atoms with E-state index in [-0.39, 0.29) is 17.7 Å². The highest BCUT2D eigenvalue weighted by Gasteiger charge is 2.30. The smallest absolute Gasteiger partial charge is 0.271 e. The van der Waals surface area contributed by atoms with Gasteiger partial charge >= 0.3 is 0 Å². The van der Waals surface area contributed by atoms with E-state index in [1.807, 2.05) is 43.3 Å². The van der Waals surface area contributed by atoms with Gasteiger partial charge in [0, 0.05) is 29.4 Å². The third-order valence-electron chi connectivity index (χ3n) is 5.24. The van der Waals surface area contributed by atoms with Crippen molar-refractivity contribution in [2.45, 2.75) is 19.8 Å². The summed E-state index contributed by atoms with van der Waals surface area (Å²) in [6.45, 7) is 2.99. The largest absolute Gasteiger partial charge is 0.337 e. The second-order valence-electron chi connectivity index (χ2n) is 7.43. The van der Waals surface area contributed by atoms with Gasteiger partial charge in [0.05, 0.1) is 11.6 Å². The average molecular weight is 468 g/mol. The van der Waals surface area contributed by atoms with Crippen LogP contribution in [-0.4, -0.2) is 45.0 Å². The number of rotatable bonds is 4. The number of pyridine rings is 1. The summed E-state index contributed by atoms with van der Waals surface area (Å²) in [5, 5.41) is 10.00. The number of carbonyl (C=O) groups is 2. The molecule has 2 N–H and O–H groups in total. The fraction of sp³-hybridized carbons (Fsp3) is 0.273. The van der Waals surface area contributed by atoms with Crippen LogP contribution in [0.3, 0.4) is 0 Å². The number of likely N-dealkylation sites (tertiary alicyclic amines) is 1. The molecule has 7 nitrogen and oxygen atoms in total. The molecule has 1 unspecified atom stereocenters. The summed E-state index contributed by atoms with van der Waals surface area (Å²) in [6.07, 6.45) is 3.23. The first kappa shape index (κ1) is 20.3. The van der Waals surface area contributed by atoms with Crippen molar-refractivity contribution >= 4 is 33.4 Å². The Morgan fingerprint density at radius 2 is 2.07 bits per heavy atom. The number of piperidine rings is 1. The van der Waals surface area contributed by atoms with Gasteiger partial charge in [0.1, 0.15) is 11.4 Å². The quantitative estimate of drug-likeness (QED) is 0.605. The van der Waals surface area contributed by atoms with Gasteiger partial charge in [0.2, 0.25) is 5.91 Å². The molecular weight excluding hydrogens is 446 g/mol. The third kappa shape index (κ3) is 4.43. The van der Waals surface area contributed by atoms with Crippen LogP contribution in [0.25, 0.3) is 11.4 Å². The Labute approximate surface area is 183 Å². The first-order chi connectivity index (χ1) is 14.5. The fourth-order valence-electron chi connectivity index (χ4n) is 3.59. The van der Waals surface area contributed by atoms with Crippen molar-refractivity contribution in [1.29, 1.82) is 0 Å². The minimum absolute atomic E-state index is 0.0620. The van der Waals surface area contributed by atoms with Crippen LogP contribution in [0.4, 0.5) is 5.69 Å². The van der Waals surface area contributed by atoms with Crippen LogP contribution < -0.4 is 5.32 Å². The minimum Gasteiger partial charge on any atom is -0.337 e. The zero-order valence-electron chi connectivity index (χ0n) is 16.6. The summed E-state index contributed by atoms with van der Waals surface area (Å²) >= 11 is 3.47. The van der Waals surface area contributed by atoms with Crippen LogP contribution in [0, 0.1) is 12.8 Å². The van der Waals surface area contributed by atoms with Gasteiger partial charge in [-0.25, -0.2) is 0 Å². The van der Waals surface area contributed by atoms with Crippen molar-refractivity contribution in [3.05, 3.63) is 64.4 Å². The van der Waals surface area contributed by atoms with E-state index in [1.165, 1.54) is 0 Å². The second-order valence-corrected chi connectivity index (χ2v) is 8.28. The van der Waals surface area contributed by atoms with Gasteiger partial charge in [0.15, 0.2) is 0 Å². The molecule has 3 heterocycles. The van der Waals surface area contributed by atoms with Gasteiger partial charge in [-0.1, -0.05) is 22.0 Å². The summed E-state index contributed by atoms with van der Waals surface area (Å²) < 4.78 is 1.000. The lowest BCUT2D eigenvalue weighted by molar-refractivity contribution is -0.121. The first-order valence-corrected chi connectivity index (χ1v) is 10.6. The zero-order valence-corrected chi connectivity index (χ0v) is 18.1. The molecule has 0 bridgehead atoms. The number of hydrogen-bond acceptors (Lipinski definition) is 4. The van der Waals surface area contributed by atoms with Gasteiger partial charge in [0.25, 0.3) is 5.91 Å². The number of aromatic nitrogens is 3. The second kappa shape index (κ2) is 8.79. The van der Waals surface area contributed by atoms with E-state index in [0.29, 0.717) is 30.2 Å². The van der Waals surface area contributed by atoms with Crippen molar-refractivity contribution in [1.82, 2.24) is 20.1 Å². The lowest BCUT2D eigenvalue weighted by Gasteiger charge is -2.31. The standard InChI is InChI=1S/C22H22BrN5O2/c1-14-11-16(7-8-17(14)23)25-21(29)15-5-4-10-28(13-15)22(30)20-12-19(26-27-20)18-6-2-3-9-24-18/h2-3,6-9,11-12,15H,4-5,10,13H2,1H3,(H,25,29)(H,26,27). The summed E-state index contributed by atoms with van der Waals surface area (Å²) in [5.41, 5.74) is 3.54. The molecule has 0 radical (unpaired) electrons. The normalized spacial score (nSPS) is 16.3. The number of anilines is 1. The van der Waals surface area contributed by atoms with E-state index in [9.17, 15) is 9.59 Å². The Hall–Kier alpha value is -3.00. The predicted octanol–water partition coefficient (Wildman–Crippen LogP) is 4.03. The Morgan fingerprint density at radius 1 is 1.20 bits per heavy atom. The van der Waals surface area contributed by atoms with Crippen molar-refractivity contribution in [3.8, 4) is 11.4 Å². The van der Waals surface area contributed by atoms with Crippen molar-refractivity contribution in [3.63, 3.8) is 0 Å². The Morgan fingerprint density at radius 3 is 2.83 bits per heavy atom. The fourth-order valence-corrected chi connectivity index (χ4v) is 3.84. The Bertz CT molecular complexity index is 1070. The van der Waals surface area contributed by atoms with E-state index < -0.39 is 0 Å². The molecule has 2 aromatic heterocycles. The van der Waals surface area contributed by atoms with E-state index in [4.69, 9.17) is 0 Å². The summed E-state index contributed by atoms with van der Waals surface area (Å²) in [5.74, 6) is -0.459. The molecule has 1 aliphatic heterocycles. The van der Waals surface area contributed by atoms with E-state index in [2.05, 4.69) is 36.4 Å². The lowest BCUT2D eigenvalue weighted by atomic mass is 9.96. The molecule has 30 heavy (non-hydrogen) atoms.